The van der Waals surface area contributed by atoms with Crippen molar-refractivity contribution in [2.45, 2.75) is 46.1 Å². The number of alkyl carbamates (subject to hydrolysis) is 1. The van der Waals surface area contributed by atoms with Gasteiger partial charge < -0.3 is 15.0 Å². The van der Waals surface area contributed by atoms with E-state index in [0.717, 1.165) is 31.7 Å². The maximum absolute atomic E-state index is 11.8. The minimum atomic E-state index is -0.480. The molecular formula is C18H29N3O3. The van der Waals surface area contributed by atoms with Crippen LogP contribution in [0.3, 0.4) is 0 Å². The lowest BCUT2D eigenvalue weighted by molar-refractivity contribution is 0.0495. The zero-order valence-electron chi connectivity index (χ0n) is 15.4. The van der Waals surface area contributed by atoms with Crippen LogP contribution in [0, 0.1) is 5.41 Å². The molecule has 0 radical (unpaired) electrons. The van der Waals surface area contributed by atoms with Gasteiger partial charge >= 0.3 is 6.09 Å². The summed E-state index contributed by atoms with van der Waals surface area (Å²) in [5.41, 5.74) is -0.430. The lowest BCUT2D eigenvalue weighted by Crippen LogP contribution is -2.46. The van der Waals surface area contributed by atoms with Crippen molar-refractivity contribution in [1.82, 2.24) is 9.88 Å². The number of hydrogen-bond donors (Lipinski definition) is 1. The van der Waals surface area contributed by atoms with Gasteiger partial charge in [0, 0.05) is 32.7 Å². The number of carbonyl (C=O) groups excluding carboxylic acids is 1. The molecule has 0 aliphatic carbocycles. The van der Waals surface area contributed by atoms with E-state index in [2.05, 4.69) is 17.1 Å². The molecule has 1 aliphatic heterocycles. The Labute approximate surface area is 143 Å². The topological polar surface area (TPSA) is 63.6 Å². The van der Waals surface area contributed by atoms with Gasteiger partial charge in [-0.05, 0) is 45.1 Å². The van der Waals surface area contributed by atoms with E-state index in [1.807, 2.05) is 26.8 Å². The molecule has 1 fully saturated rings. The van der Waals surface area contributed by atoms with Crippen molar-refractivity contribution < 1.29 is 9.53 Å². The number of nitrogens with zero attached hydrogens (tertiary/aromatic N) is 2. The maximum atomic E-state index is 11.8. The van der Waals surface area contributed by atoms with Crippen molar-refractivity contribution in [2.24, 2.45) is 12.5 Å². The zero-order valence-corrected chi connectivity index (χ0v) is 15.4. The van der Waals surface area contributed by atoms with E-state index in [1.54, 1.807) is 23.7 Å². The lowest BCUT2D eigenvalue weighted by Gasteiger charge is -2.40. The van der Waals surface area contributed by atoms with Crippen LogP contribution in [0.2, 0.25) is 0 Å². The van der Waals surface area contributed by atoms with E-state index in [4.69, 9.17) is 4.74 Å². The number of aromatic nitrogens is 1. The highest BCUT2D eigenvalue weighted by atomic mass is 16.6. The van der Waals surface area contributed by atoms with Gasteiger partial charge in [0.25, 0.3) is 5.56 Å². The van der Waals surface area contributed by atoms with E-state index >= 15 is 0 Å². The molecule has 1 amide bonds. The molecule has 134 valence electrons. The third-order valence-corrected chi connectivity index (χ3v) is 4.51. The number of carbonyl (C=O) groups is 1. The average molecular weight is 335 g/mol. The summed E-state index contributed by atoms with van der Waals surface area (Å²) in [6.07, 6.45) is 1.54. The number of nitrogens with one attached hydrogen (secondary N) is 1. The molecule has 6 heteroatoms. The summed E-state index contributed by atoms with van der Waals surface area (Å²) in [4.78, 5) is 25.8. The van der Waals surface area contributed by atoms with Gasteiger partial charge in [0.2, 0.25) is 0 Å². The van der Waals surface area contributed by atoms with E-state index < -0.39 is 5.60 Å². The maximum Gasteiger partial charge on any atom is 0.407 e. The highest BCUT2D eigenvalue weighted by molar-refractivity contribution is 5.67. The molecule has 1 saturated heterocycles. The predicted molar refractivity (Wildman–Crippen MR) is 95.5 cm³/mol. The fourth-order valence-corrected chi connectivity index (χ4v) is 2.92. The van der Waals surface area contributed by atoms with Gasteiger partial charge in [0.1, 0.15) is 11.4 Å². The second-order valence-corrected chi connectivity index (χ2v) is 7.93. The summed E-state index contributed by atoms with van der Waals surface area (Å²) in [6, 6.07) is 5.35. The van der Waals surface area contributed by atoms with E-state index in [9.17, 15) is 9.59 Å². The quantitative estimate of drug-likeness (QED) is 0.922. The Kier molecular flexibility index (Phi) is 5.26. The largest absolute Gasteiger partial charge is 0.444 e. The van der Waals surface area contributed by atoms with Gasteiger partial charge in [-0.25, -0.2) is 4.79 Å². The fraction of sp³-hybridized carbons (Fsp3) is 0.667. The van der Waals surface area contributed by atoms with Crippen molar-refractivity contribution in [1.29, 1.82) is 0 Å². The van der Waals surface area contributed by atoms with Gasteiger partial charge in [-0.2, -0.15) is 0 Å². The molecule has 1 aliphatic rings. The van der Waals surface area contributed by atoms with Crippen LogP contribution in [0.5, 0.6) is 0 Å². The van der Waals surface area contributed by atoms with Crippen molar-refractivity contribution >= 4 is 11.9 Å². The number of rotatable bonds is 3. The monoisotopic (exact) mass is 335 g/mol. The second-order valence-electron chi connectivity index (χ2n) is 7.93. The Morgan fingerprint density at radius 1 is 1.29 bits per heavy atom. The first-order chi connectivity index (χ1) is 11.1. The highest BCUT2D eigenvalue weighted by Crippen LogP contribution is 2.32. The number of hydrogen-bond acceptors (Lipinski definition) is 4. The Morgan fingerprint density at radius 2 is 1.92 bits per heavy atom. The summed E-state index contributed by atoms with van der Waals surface area (Å²) < 4.78 is 6.98. The minimum Gasteiger partial charge on any atom is -0.444 e. The van der Waals surface area contributed by atoms with Crippen molar-refractivity contribution in [2.75, 3.05) is 24.5 Å². The number of pyridine rings is 1. The van der Waals surface area contributed by atoms with Crippen molar-refractivity contribution in [3.05, 3.63) is 28.6 Å². The lowest BCUT2D eigenvalue weighted by atomic mass is 9.80. The summed E-state index contributed by atoms with van der Waals surface area (Å²) in [5, 5.41) is 2.89. The molecule has 6 nitrogen and oxygen atoms in total. The third-order valence-electron chi connectivity index (χ3n) is 4.51. The standard InChI is InChI=1S/C18H29N3O3/c1-17(2,3)24-16(23)19-13-18(4)9-11-21(12-10-18)14-7-6-8-15(22)20(14)5/h6-8H,9-13H2,1-5H3,(H,19,23). The summed E-state index contributed by atoms with van der Waals surface area (Å²) in [7, 11) is 1.80. The van der Waals surface area contributed by atoms with Crippen LogP contribution in [0.1, 0.15) is 40.5 Å². The molecule has 0 unspecified atom stereocenters. The van der Waals surface area contributed by atoms with Crippen LogP contribution in [-0.2, 0) is 11.8 Å². The van der Waals surface area contributed by atoms with Gasteiger partial charge in [0.05, 0.1) is 0 Å². The summed E-state index contributed by atoms with van der Waals surface area (Å²) >= 11 is 0. The van der Waals surface area contributed by atoms with Crippen LogP contribution < -0.4 is 15.8 Å². The zero-order chi connectivity index (χ0) is 18.0. The van der Waals surface area contributed by atoms with Crippen molar-refractivity contribution in [3.8, 4) is 0 Å². The first-order valence-electron chi connectivity index (χ1n) is 8.48. The van der Waals surface area contributed by atoms with Crippen LogP contribution in [0.15, 0.2) is 23.0 Å². The Bertz CT molecular complexity index is 638. The molecular weight excluding hydrogens is 306 g/mol. The normalized spacial score (nSPS) is 17.5. The Hall–Kier alpha value is -1.98. The second kappa shape index (κ2) is 6.87. The van der Waals surface area contributed by atoms with Gasteiger partial charge in [-0.15, -0.1) is 0 Å². The van der Waals surface area contributed by atoms with Gasteiger partial charge in [0.15, 0.2) is 0 Å². The molecule has 24 heavy (non-hydrogen) atoms. The number of anilines is 1. The summed E-state index contributed by atoms with van der Waals surface area (Å²) in [5.74, 6) is 0.949. The Balaban J connectivity index is 1.90. The highest BCUT2D eigenvalue weighted by Gasteiger charge is 2.31. The average Bonchev–Trinajstić information content (AvgIpc) is 2.48. The first-order valence-corrected chi connectivity index (χ1v) is 8.48. The molecule has 1 aromatic heterocycles. The predicted octanol–water partition coefficient (Wildman–Crippen LogP) is 2.52. The molecule has 1 N–H and O–H groups in total. The van der Waals surface area contributed by atoms with Crippen LogP contribution in [0.25, 0.3) is 0 Å². The van der Waals surface area contributed by atoms with E-state index in [-0.39, 0.29) is 17.1 Å². The molecule has 0 atom stereocenters. The molecule has 0 saturated carbocycles. The molecule has 0 spiro atoms. The van der Waals surface area contributed by atoms with E-state index in [1.165, 1.54) is 0 Å². The van der Waals surface area contributed by atoms with Crippen LogP contribution >= 0.6 is 0 Å². The first kappa shape index (κ1) is 18.4. The molecule has 1 aromatic rings. The molecule has 0 bridgehead atoms. The van der Waals surface area contributed by atoms with E-state index in [0.29, 0.717) is 6.54 Å². The van der Waals surface area contributed by atoms with Gasteiger partial charge in [-0.3, -0.25) is 9.36 Å². The summed E-state index contributed by atoms with van der Waals surface area (Å²) in [6.45, 7) is 10.1. The van der Waals surface area contributed by atoms with Crippen LogP contribution in [-0.4, -0.2) is 35.9 Å². The fourth-order valence-electron chi connectivity index (χ4n) is 2.92. The Morgan fingerprint density at radius 3 is 2.50 bits per heavy atom. The van der Waals surface area contributed by atoms with Crippen LogP contribution in [0.4, 0.5) is 10.6 Å². The molecule has 2 rings (SSSR count). The molecule has 2 heterocycles. The number of amides is 1. The number of piperidine rings is 1. The van der Waals surface area contributed by atoms with Gasteiger partial charge in [-0.1, -0.05) is 13.0 Å². The molecule has 0 aromatic carbocycles. The van der Waals surface area contributed by atoms with Crippen molar-refractivity contribution in [3.63, 3.8) is 0 Å². The smallest absolute Gasteiger partial charge is 0.407 e. The number of ether oxygens (including phenoxy) is 1. The third kappa shape index (κ3) is 4.76. The SMILES string of the molecule is Cn1c(N2CCC(C)(CNC(=O)OC(C)(C)C)CC2)cccc1=O. The minimum absolute atomic E-state index is 0.00688.